The molecule has 1 aliphatic rings. The van der Waals surface area contributed by atoms with Crippen LogP contribution in [0, 0.1) is 0 Å². The Bertz CT molecular complexity index is 850. The van der Waals surface area contributed by atoms with Gasteiger partial charge in [0, 0.05) is 16.6 Å². The van der Waals surface area contributed by atoms with Crippen LogP contribution >= 0.6 is 15.9 Å². The summed E-state index contributed by atoms with van der Waals surface area (Å²) in [7, 11) is 0. The van der Waals surface area contributed by atoms with E-state index in [9.17, 15) is 14.4 Å². The van der Waals surface area contributed by atoms with Gasteiger partial charge in [-0.3, -0.25) is 9.69 Å². The first-order valence-corrected chi connectivity index (χ1v) is 8.64. The van der Waals surface area contributed by atoms with Crippen LogP contribution in [0.5, 0.6) is 0 Å². The van der Waals surface area contributed by atoms with Crippen LogP contribution in [-0.2, 0) is 9.53 Å². The molecule has 0 bridgehead atoms. The number of nitrogens with zero attached hydrogens (tertiary/aromatic N) is 1. The van der Waals surface area contributed by atoms with Gasteiger partial charge in [-0.05, 0) is 41.8 Å². The Morgan fingerprint density at radius 1 is 1.16 bits per heavy atom. The third-order valence-electron chi connectivity index (χ3n) is 4.24. The predicted molar refractivity (Wildman–Crippen MR) is 94.7 cm³/mol. The van der Waals surface area contributed by atoms with Gasteiger partial charge >= 0.3 is 12.1 Å². The number of hydrogen-bond donors (Lipinski definition) is 1. The third-order valence-corrected chi connectivity index (χ3v) is 4.73. The molecule has 0 aromatic heterocycles. The van der Waals surface area contributed by atoms with Crippen molar-refractivity contribution < 1.29 is 24.2 Å². The van der Waals surface area contributed by atoms with E-state index in [1.165, 1.54) is 0 Å². The van der Waals surface area contributed by atoms with Crippen molar-refractivity contribution in [1.82, 2.24) is 4.90 Å². The van der Waals surface area contributed by atoms with Crippen molar-refractivity contribution in [3.05, 3.63) is 46.4 Å². The standard InChI is InChI=1S/C18H16BrNO5/c19-14-6-5-11-8-13(4-3-12(11)9-14)16(21)10-25-17(22)15-2-1-7-20(15)18(23)24/h3-6,8-9,15H,1-2,7,10H2,(H,23,24)/t15-/m0/s1. The Labute approximate surface area is 152 Å². The lowest BCUT2D eigenvalue weighted by Gasteiger charge is -2.19. The van der Waals surface area contributed by atoms with Crippen molar-refractivity contribution in [1.29, 1.82) is 0 Å². The molecule has 0 unspecified atom stereocenters. The summed E-state index contributed by atoms with van der Waals surface area (Å²) < 4.78 is 6.00. The van der Waals surface area contributed by atoms with Crippen molar-refractivity contribution in [3.63, 3.8) is 0 Å². The second kappa shape index (κ2) is 7.23. The molecule has 0 spiro atoms. The number of benzene rings is 2. The highest BCUT2D eigenvalue weighted by Gasteiger charge is 2.35. The van der Waals surface area contributed by atoms with Crippen molar-refractivity contribution in [2.45, 2.75) is 18.9 Å². The Kier molecular flexibility index (Phi) is 5.03. The van der Waals surface area contributed by atoms with E-state index in [-0.39, 0.29) is 5.78 Å². The molecular formula is C18H16BrNO5. The minimum Gasteiger partial charge on any atom is -0.465 e. The van der Waals surface area contributed by atoms with Crippen molar-refractivity contribution in [2.75, 3.05) is 13.2 Å². The number of esters is 1. The summed E-state index contributed by atoms with van der Waals surface area (Å²) in [6.07, 6.45) is -0.115. The summed E-state index contributed by atoms with van der Waals surface area (Å²) in [4.78, 5) is 36.5. The molecule has 6 nitrogen and oxygen atoms in total. The first-order chi connectivity index (χ1) is 12.0. The second-order valence-electron chi connectivity index (χ2n) is 5.87. The number of carbonyl (C=O) groups excluding carboxylic acids is 2. The van der Waals surface area contributed by atoms with Gasteiger partial charge in [0.2, 0.25) is 0 Å². The first kappa shape index (κ1) is 17.4. The molecule has 1 N–H and O–H groups in total. The number of carboxylic acid groups (broad SMARTS) is 1. The fraction of sp³-hybridized carbons (Fsp3) is 0.278. The van der Waals surface area contributed by atoms with Gasteiger partial charge in [-0.1, -0.05) is 34.1 Å². The zero-order valence-electron chi connectivity index (χ0n) is 13.3. The van der Waals surface area contributed by atoms with E-state index in [4.69, 9.17) is 9.84 Å². The summed E-state index contributed by atoms with van der Waals surface area (Å²) >= 11 is 3.40. The predicted octanol–water partition coefficient (Wildman–Crippen LogP) is 3.47. The molecule has 0 radical (unpaired) electrons. The highest BCUT2D eigenvalue weighted by atomic mass is 79.9. The summed E-state index contributed by atoms with van der Waals surface area (Å²) in [6, 6.07) is 10.2. The summed E-state index contributed by atoms with van der Waals surface area (Å²) in [5.41, 5.74) is 0.448. The summed E-state index contributed by atoms with van der Waals surface area (Å²) in [5.74, 6) is -0.990. The topological polar surface area (TPSA) is 83.9 Å². The molecule has 130 valence electrons. The van der Waals surface area contributed by atoms with E-state index < -0.39 is 24.7 Å². The van der Waals surface area contributed by atoms with Crippen LogP contribution in [0.2, 0.25) is 0 Å². The number of rotatable bonds is 4. The van der Waals surface area contributed by atoms with Gasteiger partial charge in [-0.15, -0.1) is 0 Å². The number of amides is 1. The lowest BCUT2D eigenvalue weighted by molar-refractivity contribution is -0.147. The molecule has 7 heteroatoms. The smallest absolute Gasteiger partial charge is 0.408 e. The van der Waals surface area contributed by atoms with Gasteiger partial charge in [-0.2, -0.15) is 0 Å². The Hall–Kier alpha value is -2.41. The molecule has 2 aromatic rings. The maximum atomic E-state index is 12.3. The van der Waals surface area contributed by atoms with Crippen LogP contribution in [0.1, 0.15) is 23.2 Å². The van der Waals surface area contributed by atoms with E-state index in [0.717, 1.165) is 20.1 Å². The van der Waals surface area contributed by atoms with E-state index in [1.54, 1.807) is 12.1 Å². The van der Waals surface area contributed by atoms with Gasteiger partial charge < -0.3 is 9.84 Å². The van der Waals surface area contributed by atoms with Crippen LogP contribution < -0.4 is 0 Å². The average Bonchev–Trinajstić information content (AvgIpc) is 3.09. The largest absolute Gasteiger partial charge is 0.465 e. The Morgan fingerprint density at radius 3 is 2.64 bits per heavy atom. The zero-order valence-corrected chi connectivity index (χ0v) is 14.9. The molecule has 1 amide bonds. The molecule has 1 heterocycles. The second-order valence-corrected chi connectivity index (χ2v) is 6.79. The van der Waals surface area contributed by atoms with Crippen LogP contribution in [0.4, 0.5) is 4.79 Å². The molecule has 3 rings (SSSR count). The molecule has 0 saturated carbocycles. The fourth-order valence-corrected chi connectivity index (χ4v) is 3.33. The van der Waals surface area contributed by atoms with Crippen molar-refractivity contribution >= 4 is 44.5 Å². The number of Topliss-reactive ketones (excluding diaryl/α,β-unsaturated/α-hetero) is 1. The highest BCUT2D eigenvalue weighted by molar-refractivity contribution is 9.10. The number of ether oxygens (including phenoxy) is 1. The van der Waals surface area contributed by atoms with Gasteiger partial charge in [0.05, 0.1) is 0 Å². The third kappa shape index (κ3) is 3.82. The lowest BCUT2D eigenvalue weighted by atomic mass is 10.0. The van der Waals surface area contributed by atoms with Crippen LogP contribution in [0.15, 0.2) is 40.9 Å². The van der Waals surface area contributed by atoms with E-state index in [2.05, 4.69) is 15.9 Å². The molecule has 1 atom stereocenters. The zero-order chi connectivity index (χ0) is 18.0. The average molecular weight is 406 g/mol. The number of ketones is 1. The first-order valence-electron chi connectivity index (χ1n) is 7.84. The highest BCUT2D eigenvalue weighted by Crippen LogP contribution is 2.22. The number of halogens is 1. The van der Waals surface area contributed by atoms with Crippen molar-refractivity contribution in [3.8, 4) is 0 Å². The fourth-order valence-electron chi connectivity index (χ4n) is 2.95. The molecule has 1 aliphatic heterocycles. The Balaban J connectivity index is 1.65. The quantitative estimate of drug-likeness (QED) is 0.621. The maximum absolute atomic E-state index is 12.3. The van der Waals surface area contributed by atoms with E-state index >= 15 is 0 Å². The molecular weight excluding hydrogens is 390 g/mol. The van der Waals surface area contributed by atoms with E-state index in [0.29, 0.717) is 24.9 Å². The van der Waals surface area contributed by atoms with Gasteiger partial charge in [0.25, 0.3) is 0 Å². The number of likely N-dealkylation sites (tertiary alicyclic amines) is 1. The summed E-state index contributed by atoms with van der Waals surface area (Å²) in [5, 5.41) is 11.0. The maximum Gasteiger partial charge on any atom is 0.408 e. The SMILES string of the molecule is O=C(COC(=O)[C@@H]1CCCN1C(=O)O)c1ccc2cc(Br)ccc2c1. The minimum absolute atomic E-state index is 0.309. The summed E-state index contributed by atoms with van der Waals surface area (Å²) in [6.45, 7) is -0.0892. The normalized spacial score (nSPS) is 16.8. The number of fused-ring (bicyclic) bond motifs is 1. The minimum atomic E-state index is -1.15. The monoisotopic (exact) mass is 405 g/mol. The van der Waals surface area contributed by atoms with E-state index in [1.807, 2.05) is 24.3 Å². The van der Waals surface area contributed by atoms with Gasteiger partial charge in [0.1, 0.15) is 6.04 Å². The molecule has 0 aliphatic carbocycles. The Morgan fingerprint density at radius 2 is 1.88 bits per heavy atom. The van der Waals surface area contributed by atoms with Crippen molar-refractivity contribution in [2.24, 2.45) is 0 Å². The van der Waals surface area contributed by atoms with Gasteiger partial charge in [-0.25, -0.2) is 9.59 Å². The molecule has 2 aromatic carbocycles. The van der Waals surface area contributed by atoms with Crippen LogP contribution in [0.25, 0.3) is 10.8 Å². The molecule has 1 saturated heterocycles. The van der Waals surface area contributed by atoms with Gasteiger partial charge in [0.15, 0.2) is 12.4 Å². The lowest BCUT2D eigenvalue weighted by Crippen LogP contribution is -2.41. The molecule has 25 heavy (non-hydrogen) atoms. The van der Waals surface area contributed by atoms with Crippen LogP contribution in [-0.4, -0.2) is 47.0 Å². The molecule has 1 fully saturated rings. The number of hydrogen-bond acceptors (Lipinski definition) is 4. The van der Waals surface area contributed by atoms with Crippen LogP contribution in [0.3, 0.4) is 0 Å². The number of carbonyl (C=O) groups is 3.